The van der Waals surface area contributed by atoms with Crippen LogP contribution in [0, 0.1) is 6.92 Å². The molecule has 1 unspecified atom stereocenters. The van der Waals surface area contributed by atoms with Gasteiger partial charge in [0.25, 0.3) is 5.91 Å². The van der Waals surface area contributed by atoms with Gasteiger partial charge in [-0.2, -0.15) is 4.31 Å². The van der Waals surface area contributed by atoms with Gasteiger partial charge in [0.1, 0.15) is 18.1 Å². The zero-order valence-corrected chi connectivity index (χ0v) is 22.0. The number of benzene rings is 2. The molecule has 0 spiro atoms. The number of amides is 1. The van der Waals surface area contributed by atoms with Crippen LogP contribution in [-0.2, 0) is 24.8 Å². The van der Waals surface area contributed by atoms with Gasteiger partial charge in [-0.05, 0) is 61.7 Å². The highest BCUT2D eigenvalue weighted by Gasteiger charge is 2.35. The van der Waals surface area contributed by atoms with E-state index in [1.165, 1.54) is 20.7 Å². The molecule has 1 atom stereocenters. The first-order valence-corrected chi connectivity index (χ1v) is 15.1. The van der Waals surface area contributed by atoms with Gasteiger partial charge in [-0.15, -0.1) is 0 Å². The van der Waals surface area contributed by atoms with Gasteiger partial charge in [-0.1, -0.05) is 12.5 Å². The minimum atomic E-state index is -3.60. The Balaban J connectivity index is 1.30. The highest BCUT2D eigenvalue weighted by Crippen LogP contribution is 2.35. The minimum absolute atomic E-state index is 0.130. The molecular formula is C24H31N3O7S2. The Hall–Kier alpha value is -2.83. The molecule has 0 aromatic heterocycles. The van der Waals surface area contributed by atoms with Crippen molar-refractivity contribution in [1.82, 2.24) is 9.62 Å². The average molecular weight is 538 g/mol. The summed E-state index contributed by atoms with van der Waals surface area (Å²) in [6, 6.07) is 11.4. The van der Waals surface area contributed by atoms with E-state index in [1.54, 1.807) is 30.3 Å². The third-order valence-electron chi connectivity index (χ3n) is 6.12. The van der Waals surface area contributed by atoms with E-state index in [9.17, 15) is 21.6 Å². The summed E-state index contributed by atoms with van der Waals surface area (Å²) in [5.41, 5.74) is 1.29. The average Bonchev–Trinajstić information content (AvgIpc) is 2.86. The molecule has 12 heteroatoms. The number of nitrogens with one attached hydrogen (secondary N) is 1. The van der Waals surface area contributed by atoms with Crippen LogP contribution < -0.4 is 19.1 Å². The second-order valence-electron chi connectivity index (χ2n) is 8.95. The first-order chi connectivity index (χ1) is 17.1. The Kier molecular flexibility index (Phi) is 7.76. The van der Waals surface area contributed by atoms with Gasteiger partial charge < -0.3 is 14.8 Å². The number of rotatable bonds is 8. The number of aryl methyl sites for hydroxylation is 1. The topological polar surface area (TPSA) is 122 Å². The Morgan fingerprint density at radius 2 is 1.75 bits per heavy atom. The third-order valence-corrected chi connectivity index (χ3v) is 9.18. The maximum atomic E-state index is 12.7. The highest BCUT2D eigenvalue weighted by molar-refractivity contribution is 7.92. The molecule has 0 aliphatic carbocycles. The Morgan fingerprint density at radius 3 is 2.42 bits per heavy atom. The van der Waals surface area contributed by atoms with Crippen LogP contribution in [-0.4, -0.2) is 72.2 Å². The fourth-order valence-electron chi connectivity index (χ4n) is 4.23. The van der Waals surface area contributed by atoms with Crippen molar-refractivity contribution in [2.75, 3.05) is 43.3 Å². The van der Waals surface area contributed by atoms with Crippen molar-refractivity contribution in [3.8, 4) is 11.5 Å². The maximum Gasteiger partial charge on any atom is 0.263 e. The summed E-state index contributed by atoms with van der Waals surface area (Å²) in [4.78, 5) is 12.9. The Labute approximate surface area is 212 Å². The molecule has 2 aromatic carbocycles. The molecule has 0 saturated carbocycles. The summed E-state index contributed by atoms with van der Waals surface area (Å²) in [6.45, 7) is 3.10. The molecule has 1 amide bonds. The van der Waals surface area contributed by atoms with E-state index in [1.807, 2.05) is 6.92 Å². The fraction of sp³-hybridized carbons (Fsp3) is 0.458. The third kappa shape index (κ3) is 5.93. The van der Waals surface area contributed by atoms with Crippen LogP contribution in [0.2, 0.25) is 0 Å². The summed E-state index contributed by atoms with van der Waals surface area (Å²) >= 11 is 0. The standard InChI is InChI=1S/C24H31N3O7S2/c1-18-6-11-22-21(16-18)27(35(2,29)30)17-23(34-22)24(28)25-12-15-33-19-7-9-20(10-8-19)36(31,32)26-13-4-3-5-14-26/h6-11,16,23H,3-5,12-15,17H2,1-2H3,(H,25,28). The normalized spacial score (nSPS) is 18.7. The van der Waals surface area contributed by atoms with Crippen LogP contribution in [0.1, 0.15) is 24.8 Å². The van der Waals surface area contributed by atoms with Gasteiger partial charge in [0.15, 0.2) is 6.10 Å². The zero-order chi connectivity index (χ0) is 25.9. The van der Waals surface area contributed by atoms with Crippen molar-refractivity contribution in [1.29, 1.82) is 0 Å². The van der Waals surface area contributed by atoms with E-state index in [-0.39, 0.29) is 24.6 Å². The number of hydrogen-bond acceptors (Lipinski definition) is 7. The summed E-state index contributed by atoms with van der Waals surface area (Å²) in [7, 11) is -7.11. The van der Waals surface area contributed by atoms with Gasteiger partial charge in [-0.3, -0.25) is 9.10 Å². The molecule has 0 radical (unpaired) electrons. The van der Waals surface area contributed by atoms with Crippen molar-refractivity contribution in [2.45, 2.75) is 37.2 Å². The van der Waals surface area contributed by atoms with E-state index in [4.69, 9.17) is 9.47 Å². The van der Waals surface area contributed by atoms with E-state index < -0.39 is 32.1 Å². The second kappa shape index (κ2) is 10.7. The molecule has 2 heterocycles. The number of carbonyl (C=O) groups is 1. The smallest absolute Gasteiger partial charge is 0.263 e. The predicted octanol–water partition coefficient (Wildman–Crippen LogP) is 1.89. The monoisotopic (exact) mass is 537 g/mol. The fourth-order valence-corrected chi connectivity index (χ4v) is 6.65. The Bertz CT molecular complexity index is 1310. The number of carbonyl (C=O) groups excluding carboxylic acids is 1. The summed E-state index contributed by atoms with van der Waals surface area (Å²) < 4.78 is 64.2. The molecule has 1 N–H and O–H groups in total. The highest BCUT2D eigenvalue weighted by atomic mass is 32.2. The van der Waals surface area contributed by atoms with Crippen molar-refractivity contribution in [3.63, 3.8) is 0 Å². The number of ether oxygens (including phenoxy) is 2. The van der Waals surface area contributed by atoms with E-state index >= 15 is 0 Å². The van der Waals surface area contributed by atoms with Gasteiger partial charge in [0, 0.05) is 13.1 Å². The predicted molar refractivity (Wildman–Crippen MR) is 135 cm³/mol. The molecule has 1 saturated heterocycles. The lowest BCUT2D eigenvalue weighted by atomic mass is 10.1. The van der Waals surface area contributed by atoms with Gasteiger partial charge in [0.2, 0.25) is 20.0 Å². The molecule has 1 fully saturated rings. The number of fused-ring (bicyclic) bond motifs is 1. The quantitative estimate of drug-likeness (QED) is 0.510. The Morgan fingerprint density at radius 1 is 1.06 bits per heavy atom. The number of piperidine rings is 1. The van der Waals surface area contributed by atoms with E-state index in [0.717, 1.165) is 31.1 Å². The first kappa shape index (κ1) is 26.2. The van der Waals surface area contributed by atoms with E-state index in [2.05, 4.69) is 5.32 Å². The summed E-state index contributed by atoms with van der Waals surface area (Å²) in [6.07, 6.45) is 2.88. The number of sulfonamides is 2. The molecule has 2 aliphatic rings. The largest absolute Gasteiger partial charge is 0.492 e. The molecule has 2 aromatic rings. The van der Waals surface area contributed by atoms with Crippen molar-refractivity contribution < 1.29 is 31.1 Å². The molecule has 2 aliphatic heterocycles. The minimum Gasteiger partial charge on any atom is -0.492 e. The van der Waals surface area contributed by atoms with Crippen LogP contribution in [0.4, 0.5) is 5.69 Å². The van der Waals surface area contributed by atoms with Crippen molar-refractivity contribution in [2.24, 2.45) is 0 Å². The van der Waals surface area contributed by atoms with Crippen LogP contribution in [0.25, 0.3) is 0 Å². The SMILES string of the molecule is Cc1ccc2c(c1)N(S(C)(=O)=O)CC(C(=O)NCCOc1ccc(S(=O)(=O)N3CCCCC3)cc1)O2. The molecule has 0 bridgehead atoms. The van der Waals surface area contributed by atoms with Crippen LogP contribution in [0.3, 0.4) is 0 Å². The van der Waals surface area contributed by atoms with E-state index in [0.29, 0.717) is 30.3 Å². The van der Waals surface area contributed by atoms with Gasteiger partial charge >= 0.3 is 0 Å². The van der Waals surface area contributed by atoms with Crippen molar-refractivity contribution in [3.05, 3.63) is 48.0 Å². The van der Waals surface area contributed by atoms with Gasteiger partial charge in [-0.25, -0.2) is 16.8 Å². The number of anilines is 1. The number of nitrogens with zero attached hydrogens (tertiary/aromatic N) is 2. The molecular weight excluding hydrogens is 506 g/mol. The summed E-state index contributed by atoms with van der Waals surface area (Å²) in [5.74, 6) is 0.345. The zero-order valence-electron chi connectivity index (χ0n) is 20.3. The molecule has 4 rings (SSSR count). The second-order valence-corrected chi connectivity index (χ2v) is 12.8. The lowest BCUT2D eigenvalue weighted by Crippen LogP contribution is -2.51. The number of hydrogen-bond donors (Lipinski definition) is 1. The lowest BCUT2D eigenvalue weighted by Gasteiger charge is -2.34. The maximum absolute atomic E-state index is 12.7. The van der Waals surface area contributed by atoms with Crippen LogP contribution in [0.15, 0.2) is 47.4 Å². The van der Waals surface area contributed by atoms with Gasteiger partial charge in [0.05, 0.1) is 29.9 Å². The molecule has 36 heavy (non-hydrogen) atoms. The lowest BCUT2D eigenvalue weighted by molar-refractivity contribution is -0.127. The molecule has 10 nitrogen and oxygen atoms in total. The van der Waals surface area contributed by atoms with Crippen LogP contribution in [0.5, 0.6) is 11.5 Å². The van der Waals surface area contributed by atoms with Crippen molar-refractivity contribution >= 4 is 31.6 Å². The van der Waals surface area contributed by atoms with Crippen LogP contribution >= 0.6 is 0 Å². The molecule has 196 valence electrons. The first-order valence-electron chi connectivity index (χ1n) is 11.8. The summed E-state index contributed by atoms with van der Waals surface area (Å²) in [5, 5.41) is 2.70.